The lowest BCUT2D eigenvalue weighted by molar-refractivity contribution is 0.947. The van der Waals surface area contributed by atoms with E-state index in [4.69, 9.17) is 0 Å². The number of nitrogens with zero attached hydrogens (tertiary/aromatic N) is 1. The Labute approximate surface area is 92.3 Å². The molecule has 0 aliphatic heterocycles. The highest BCUT2D eigenvalue weighted by atomic mass is 79.9. The summed E-state index contributed by atoms with van der Waals surface area (Å²) < 4.78 is 0. The van der Waals surface area contributed by atoms with Crippen LogP contribution in [-0.2, 0) is 6.42 Å². The van der Waals surface area contributed by atoms with Crippen molar-refractivity contribution < 1.29 is 0 Å². The first kappa shape index (κ1) is 9.66. The van der Waals surface area contributed by atoms with E-state index in [0.717, 1.165) is 11.8 Å². The number of aryl methyl sites for hydroxylation is 1. The first-order valence-electron chi connectivity index (χ1n) is 4.79. The molecule has 2 rings (SSSR count). The van der Waals surface area contributed by atoms with Crippen molar-refractivity contribution in [2.24, 2.45) is 0 Å². The first-order chi connectivity index (χ1) is 6.92. The molecule has 0 fully saturated rings. The fourth-order valence-corrected chi connectivity index (χ4v) is 1.93. The Morgan fingerprint density at radius 3 is 3.00 bits per heavy atom. The van der Waals surface area contributed by atoms with Crippen molar-refractivity contribution in [1.82, 2.24) is 4.98 Å². The van der Waals surface area contributed by atoms with Crippen LogP contribution in [0.2, 0.25) is 0 Å². The predicted octanol–water partition coefficient (Wildman–Crippen LogP) is 3.56. The fourth-order valence-electron chi connectivity index (χ4n) is 1.65. The van der Waals surface area contributed by atoms with Crippen LogP contribution in [0.5, 0.6) is 0 Å². The van der Waals surface area contributed by atoms with E-state index in [9.17, 15) is 0 Å². The maximum atomic E-state index is 4.17. The third-order valence-electron chi connectivity index (χ3n) is 2.35. The van der Waals surface area contributed by atoms with Crippen molar-refractivity contribution in [1.29, 1.82) is 0 Å². The summed E-state index contributed by atoms with van der Waals surface area (Å²) in [6.45, 7) is 0. The summed E-state index contributed by atoms with van der Waals surface area (Å²) in [7, 11) is 0. The number of aromatic nitrogens is 1. The predicted molar refractivity (Wildman–Crippen MR) is 63.9 cm³/mol. The molecule has 0 unspecified atom stereocenters. The lowest BCUT2D eigenvalue weighted by Gasteiger charge is -2.04. The van der Waals surface area contributed by atoms with Crippen LogP contribution in [0.4, 0.5) is 0 Å². The van der Waals surface area contributed by atoms with Crippen molar-refractivity contribution in [2.45, 2.75) is 12.8 Å². The first-order valence-corrected chi connectivity index (χ1v) is 5.91. The molecule has 0 aliphatic rings. The van der Waals surface area contributed by atoms with Crippen molar-refractivity contribution in [3.63, 3.8) is 0 Å². The van der Waals surface area contributed by atoms with Gasteiger partial charge in [-0.2, -0.15) is 0 Å². The molecule has 0 bridgehead atoms. The summed E-state index contributed by atoms with van der Waals surface area (Å²) in [6, 6.07) is 8.50. The molecule has 0 atom stereocenters. The van der Waals surface area contributed by atoms with Crippen LogP contribution in [0.3, 0.4) is 0 Å². The molecule has 0 saturated heterocycles. The van der Waals surface area contributed by atoms with Crippen LogP contribution < -0.4 is 0 Å². The SMILES string of the molecule is BrCCCc1cccc2ccncc12. The van der Waals surface area contributed by atoms with Gasteiger partial charge in [-0.05, 0) is 29.9 Å². The summed E-state index contributed by atoms with van der Waals surface area (Å²) >= 11 is 3.46. The van der Waals surface area contributed by atoms with Crippen molar-refractivity contribution in [2.75, 3.05) is 5.33 Å². The molecule has 0 amide bonds. The second kappa shape index (κ2) is 4.56. The van der Waals surface area contributed by atoms with E-state index in [1.807, 2.05) is 12.4 Å². The third-order valence-corrected chi connectivity index (χ3v) is 2.91. The van der Waals surface area contributed by atoms with Gasteiger partial charge in [-0.15, -0.1) is 0 Å². The van der Waals surface area contributed by atoms with Gasteiger partial charge in [0.15, 0.2) is 0 Å². The molecular weight excluding hydrogens is 238 g/mol. The Morgan fingerprint density at radius 1 is 1.21 bits per heavy atom. The molecule has 1 aromatic carbocycles. The van der Waals surface area contributed by atoms with Crippen molar-refractivity contribution >= 4 is 26.7 Å². The van der Waals surface area contributed by atoms with Gasteiger partial charge in [0.05, 0.1) is 0 Å². The van der Waals surface area contributed by atoms with Gasteiger partial charge in [0.25, 0.3) is 0 Å². The van der Waals surface area contributed by atoms with E-state index in [2.05, 4.69) is 45.2 Å². The molecule has 14 heavy (non-hydrogen) atoms. The quantitative estimate of drug-likeness (QED) is 0.759. The zero-order chi connectivity index (χ0) is 9.80. The van der Waals surface area contributed by atoms with Crippen LogP contribution in [0, 0.1) is 0 Å². The lowest BCUT2D eigenvalue weighted by atomic mass is 10.0. The van der Waals surface area contributed by atoms with Crippen LogP contribution in [0.1, 0.15) is 12.0 Å². The van der Waals surface area contributed by atoms with E-state index >= 15 is 0 Å². The van der Waals surface area contributed by atoms with E-state index in [1.54, 1.807) is 0 Å². The Bertz CT molecular complexity index is 420. The smallest absolute Gasteiger partial charge is 0.0349 e. The molecule has 2 aromatic rings. The average molecular weight is 250 g/mol. The number of hydrogen-bond donors (Lipinski definition) is 0. The molecule has 0 N–H and O–H groups in total. The number of pyridine rings is 1. The number of alkyl halides is 1. The highest BCUT2D eigenvalue weighted by Gasteiger charge is 1.99. The molecule has 0 aliphatic carbocycles. The van der Waals surface area contributed by atoms with E-state index in [0.29, 0.717) is 0 Å². The van der Waals surface area contributed by atoms with E-state index < -0.39 is 0 Å². The molecule has 0 spiro atoms. The number of benzene rings is 1. The molecular formula is C12H12BrN. The van der Waals surface area contributed by atoms with E-state index in [1.165, 1.54) is 22.8 Å². The Kier molecular flexibility index (Phi) is 3.14. The second-order valence-electron chi connectivity index (χ2n) is 3.31. The van der Waals surface area contributed by atoms with Gasteiger partial charge in [-0.3, -0.25) is 4.98 Å². The van der Waals surface area contributed by atoms with Gasteiger partial charge >= 0.3 is 0 Å². The normalized spacial score (nSPS) is 10.6. The summed E-state index contributed by atoms with van der Waals surface area (Å²) in [4.78, 5) is 4.17. The summed E-state index contributed by atoms with van der Waals surface area (Å²) in [5.74, 6) is 0. The third kappa shape index (κ3) is 1.95. The maximum absolute atomic E-state index is 4.17. The minimum absolute atomic E-state index is 1.06. The summed E-state index contributed by atoms with van der Waals surface area (Å²) in [6.07, 6.45) is 6.10. The summed E-state index contributed by atoms with van der Waals surface area (Å²) in [5, 5.41) is 3.63. The molecule has 0 radical (unpaired) electrons. The standard InChI is InChI=1S/C12H12BrN/c13-7-2-5-10-3-1-4-11-6-8-14-9-12(10)11/h1,3-4,6,8-9H,2,5,7H2. The molecule has 0 saturated carbocycles. The number of fused-ring (bicyclic) bond motifs is 1. The number of halogens is 1. The molecule has 1 nitrogen and oxygen atoms in total. The van der Waals surface area contributed by atoms with Gasteiger partial charge in [0.1, 0.15) is 0 Å². The average Bonchev–Trinajstić information content (AvgIpc) is 2.26. The van der Waals surface area contributed by atoms with Crippen LogP contribution >= 0.6 is 15.9 Å². The Balaban J connectivity index is 2.43. The van der Waals surface area contributed by atoms with Crippen LogP contribution in [-0.4, -0.2) is 10.3 Å². The van der Waals surface area contributed by atoms with Crippen molar-refractivity contribution in [3.8, 4) is 0 Å². The molecule has 1 heterocycles. The van der Waals surface area contributed by atoms with Crippen LogP contribution in [0.25, 0.3) is 10.8 Å². The largest absolute Gasteiger partial charge is 0.264 e. The highest BCUT2D eigenvalue weighted by molar-refractivity contribution is 9.09. The maximum Gasteiger partial charge on any atom is 0.0349 e. The molecule has 72 valence electrons. The lowest BCUT2D eigenvalue weighted by Crippen LogP contribution is -1.88. The topological polar surface area (TPSA) is 12.9 Å². The molecule has 2 heteroatoms. The van der Waals surface area contributed by atoms with E-state index in [-0.39, 0.29) is 0 Å². The van der Waals surface area contributed by atoms with Gasteiger partial charge in [-0.1, -0.05) is 34.1 Å². The van der Waals surface area contributed by atoms with Gasteiger partial charge in [0.2, 0.25) is 0 Å². The zero-order valence-electron chi connectivity index (χ0n) is 7.91. The zero-order valence-corrected chi connectivity index (χ0v) is 9.50. The monoisotopic (exact) mass is 249 g/mol. The minimum atomic E-state index is 1.06. The van der Waals surface area contributed by atoms with Crippen LogP contribution in [0.15, 0.2) is 36.7 Å². The second-order valence-corrected chi connectivity index (χ2v) is 4.10. The number of hydrogen-bond acceptors (Lipinski definition) is 1. The van der Waals surface area contributed by atoms with Gasteiger partial charge < -0.3 is 0 Å². The molecule has 1 aromatic heterocycles. The Hall–Kier alpha value is -0.890. The Morgan fingerprint density at radius 2 is 2.14 bits per heavy atom. The summed E-state index contributed by atoms with van der Waals surface area (Å²) in [5.41, 5.74) is 1.40. The minimum Gasteiger partial charge on any atom is -0.264 e. The van der Waals surface area contributed by atoms with Gasteiger partial charge in [0, 0.05) is 23.1 Å². The van der Waals surface area contributed by atoms with Crippen molar-refractivity contribution in [3.05, 3.63) is 42.2 Å². The number of rotatable bonds is 3. The highest BCUT2D eigenvalue weighted by Crippen LogP contribution is 2.18. The van der Waals surface area contributed by atoms with Gasteiger partial charge in [-0.25, -0.2) is 0 Å². The fraction of sp³-hybridized carbons (Fsp3) is 0.250.